The van der Waals surface area contributed by atoms with E-state index in [1.165, 1.54) is 7.11 Å². The van der Waals surface area contributed by atoms with Gasteiger partial charge in [-0.1, -0.05) is 38.2 Å². The number of aryl methyl sites for hydroxylation is 1. The van der Waals surface area contributed by atoms with Crippen LogP contribution < -0.4 is 8.92 Å². The molecule has 1 fully saturated rings. The highest BCUT2D eigenvalue weighted by atomic mass is 32.2. The highest BCUT2D eigenvalue weighted by Gasteiger charge is 2.49. The lowest BCUT2D eigenvalue weighted by molar-refractivity contribution is -0.0500. The number of ether oxygens (including phenoxy) is 1. The van der Waals surface area contributed by atoms with Crippen molar-refractivity contribution in [2.45, 2.75) is 56.4 Å². The second kappa shape index (κ2) is 9.36. The van der Waals surface area contributed by atoms with Gasteiger partial charge in [0.25, 0.3) is 0 Å². The molecule has 2 atom stereocenters. The molecule has 0 amide bonds. The van der Waals surface area contributed by atoms with Crippen LogP contribution in [-0.4, -0.2) is 21.0 Å². The van der Waals surface area contributed by atoms with Gasteiger partial charge in [-0.15, -0.1) is 0 Å². The molecule has 0 aromatic heterocycles. The summed E-state index contributed by atoms with van der Waals surface area (Å²) in [6.45, 7) is 0. The largest absolute Gasteiger partial charge is 0.534 e. The van der Waals surface area contributed by atoms with E-state index in [2.05, 4.69) is 4.18 Å². The van der Waals surface area contributed by atoms with Crippen LogP contribution in [0.3, 0.4) is 0 Å². The third-order valence-corrected chi connectivity index (χ3v) is 7.95. The van der Waals surface area contributed by atoms with E-state index in [1.54, 1.807) is 12.1 Å². The molecule has 2 aliphatic rings. The lowest BCUT2D eigenvalue weighted by Gasteiger charge is -2.40. The number of hydrogen-bond donors (Lipinski definition) is 0. The molecule has 4 nitrogen and oxygen atoms in total. The molecule has 0 heterocycles. The Bertz CT molecular complexity index is 1130. The molecule has 2 aromatic carbocycles. The monoisotopic (exact) mass is 504 g/mol. The molecular weight excluding hydrogens is 479 g/mol. The Hall–Kier alpha value is -2.36. The van der Waals surface area contributed by atoms with Crippen LogP contribution in [0.25, 0.3) is 0 Å². The number of hydrogen-bond acceptors (Lipinski definition) is 4. The zero-order valence-corrected chi connectivity index (χ0v) is 19.3. The molecule has 1 saturated carbocycles. The van der Waals surface area contributed by atoms with E-state index in [1.807, 2.05) is 6.07 Å². The molecule has 10 heteroatoms. The molecule has 0 aliphatic heterocycles. The summed E-state index contributed by atoms with van der Waals surface area (Å²) >= 11 is 0. The molecule has 0 saturated heterocycles. The summed E-state index contributed by atoms with van der Waals surface area (Å²) in [6, 6.07) is 6.36. The minimum absolute atomic E-state index is 0.0594. The lowest BCUT2D eigenvalue weighted by atomic mass is 9.64. The summed E-state index contributed by atoms with van der Waals surface area (Å²) in [5.41, 5.74) is -4.35. The quantitative estimate of drug-likeness (QED) is 0.266. The van der Waals surface area contributed by atoms with Crippen LogP contribution in [0.1, 0.15) is 61.1 Å². The highest BCUT2D eigenvalue weighted by Crippen LogP contribution is 2.50. The highest BCUT2D eigenvalue weighted by molar-refractivity contribution is 7.88. The Labute approximate surface area is 195 Å². The molecule has 4 rings (SSSR count). The van der Waals surface area contributed by atoms with Gasteiger partial charge >= 0.3 is 15.6 Å². The molecule has 0 radical (unpaired) electrons. The van der Waals surface area contributed by atoms with Crippen molar-refractivity contribution in [3.8, 4) is 11.5 Å². The minimum Gasteiger partial charge on any atom is -0.497 e. The zero-order valence-electron chi connectivity index (χ0n) is 18.5. The summed E-state index contributed by atoms with van der Waals surface area (Å²) in [6.07, 6.45) is 6.51. The number of rotatable bonds is 5. The standard InChI is InChI=1S/C24H25F5O4S/c1-32-16-8-10-19-15(11-16)7-9-18(14-5-3-2-4-6-14)22(19)23-20(25)12-17(13-21(23)26)33-34(30,31)24(27,28)29/h8,10-14,18,22H,2-7,9H2,1H3. The number of benzene rings is 2. The van der Waals surface area contributed by atoms with Gasteiger partial charge in [0.15, 0.2) is 0 Å². The summed E-state index contributed by atoms with van der Waals surface area (Å²) in [5, 5.41) is 0. The second-order valence-corrected chi connectivity index (χ2v) is 10.5. The van der Waals surface area contributed by atoms with E-state index in [4.69, 9.17) is 4.74 Å². The van der Waals surface area contributed by atoms with Crippen molar-refractivity contribution in [1.82, 2.24) is 0 Å². The lowest BCUT2D eigenvalue weighted by Crippen LogP contribution is -2.31. The Morgan fingerprint density at radius 1 is 0.912 bits per heavy atom. The van der Waals surface area contributed by atoms with Crippen LogP contribution >= 0.6 is 0 Å². The van der Waals surface area contributed by atoms with E-state index in [-0.39, 0.29) is 17.4 Å². The SMILES string of the molecule is COc1ccc2c(c1)CCC(C1CCCCC1)C2c1c(F)cc(OS(=O)(=O)C(F)(F)F)cc1F. The maximum Gasteiger partial charge on any atom is 0.534 e. The van der Waals surface area contributed by atoms with E-state index < -0.39 is 38.9 Å². The average molecular weight is 505 g/mol. The fraction of sp³-hybridized carbons (Fsp3) is 0.500. The van der Waals surface area contributed by atoms with Gasteiger partial charge in [0.05, 0.1) is 7.11 Å². The summed E-state index contributed by atoms with van der Waals surface area (Å²) in [7, 11) is -4.53. The molecule has 2 aliphatic carbocycles. The third kappa shape index (κ3) is 4.74. The fourth-order valence-electron chi connectivity index (χ4n) is 5.47. The van der Waals surface area contributed by atoms with Gasteiger partial charge in [0.2, 0.25) is 0 Å². The average Bonchev–Trinajstić information content (AvgIpc) is 2.77. The third-order valence-electron chi connectivity index (χ3n) is 6.97. The summed E-state index contributed by atoms with van der Waals surface area (Å²) < 4.78 is 101. The first kappa shape index (κ1) is 24.8. The summed E-state index contributed by atoms with van der Waals surface area (Å²) in [4.78, 5) is 0. The number of halogens is 5. The van der Waals surface area contributed by atoms with E-state index in [9.17, 15) is 21.6 Å². The first-order valence-corrected chi connectivity index (χ1v) is 12.6. The van der Waals surface area contributed by atoms with Crippen LogP contribution in [0.2, 0.25) is 0 Å². The number of methoxy groups -OCH3 is 1. The normalized spacial score (nSPS) is 21.7. The Kier molecular flexibility index (Phi) is 6.81. The number of fused-ring (bicyclic) bond motifs is 1. The van der Waals surface area contributed by atoms with E-state index in [0.717, 1.165) is 49.7 Å². The van der Waals surface area contributed by atoms with Crippen molar-refractivity contribution >= 4 is 10.1 Å². The molecule has 0 spiro atoms. The first-order valence-electron chi connectivity index (χ1n) is 11.2. The fourth-order valence-corrected chi connectivity index (χ4v) is 5.91. The van der Waals surface area contributed by atoms with Crippen molar-refractivity contribution in [3.05, 3.63) is 58.7 Å². The van der Waals surface area contributed by atoms with Crippen molar-refractivity contribution in [3.63, 3.8) is 0 Å². The van der Waals surface area contributed by atoms with Gasteiger partial charge in [-0.3, -0.25) is 0 Å². The predicted molar refractivity (Wildman–Crippen MR) is 115 cm³/mol. The van der Waals surface area contributed by atoms with E-state index in [0.29, 0.717) is 24.3 Å². The van der Waals surface area contributed by atoms with Crippen molar-refractivity contribution in [2.24, 2.45) is 11.8 Å². The Morgan fingerprint density at radius 2 is 1.56 bits per heavy atom. The molecule has 0 N–H and O–H groups in total. The van der Waals surface area contributed by atoms with Crippen molar-refractivity contribution in [1.29, 1.82) is 0 Å². The van der Waals surface area contributed by atoms with E-state index >= 15 is 8.78 Å². The summed E-state index contributed by atoms with van der Waals surface area (Å²) in [5.74, 6) is -3.17. The molecule has 2 unspecified atom stereocenters. The maximum atomic E-state index is 15.3. The van der Waals surface area contributed by atoms with Crippen LogP contribution in [-0.2, 0) is 16.5 Å². The van der Waals surface area contributed by atoms with Crippen molar-refractivity contribution < 1.29 is 39.3 Å². The van der Waals surface area contributed by atoms with Crippen LogP contribution in [0.5, 0.6) is 11.5 Å². The Balaban J connectivity index is 1.79. The molecule has 34 heavy (non-hydrogen) atoms. The van der Waals surface area contributed by atoms with Gasteiger partial charge in [0.1, 0.15) is 23.1 Å². The molecule has 0 bridgehead atoms. The van der Waals surface area contributed by atoms with Crippen LogP contribution in [0.15, 0.2) is 30.3 Å². The first-order chi connectivity index (χ1) is 16.0. The van der Waals surface area contributed by atoms with Gasteiger partial charge in [-0.25, -0.2) is 8.78 Å². The van der Waals surface area contributed by atoms with Gasteiger partial charge < -0.3 is 8.92 Å². The smallest absolute Gasteiger partial charge is 0.497 e. The predicted octanol–water partition coefficient (Wildman–Crippen LogP) is 6.48. The maximum absolute atomic E-state index is 15.3. The van der Waals surface area contributed by atoms with Crippen LogP contribution in [0.4, 0.5) is 22.0 Å². The molecule has 186 valence electrons. The molecular formula is C24H25F5O4S. The second-order valence-electron chi connectivity index (χ2n) is 8.93. The van der Waals surface area contributed by atoms with Gasteiger partial charge in [0, 0.05) is 23.6 Å². The minimum atomic E-state index is -6.05. The molecule has 2 aromatic rings. The van der Waals surface area contributed by atoms with Crippen LogP contribution in [0, 0.1) is 23.5 Å². The van der Waals surface area contributed by atoms with Gasteiger partial charge in [-0.2, -0.15) is 21.6 Å². The van der Waals surface area contributed by atoms with Gasteiger partial charge in [-0.05, 0) is 47.9 Å². The zero-order chi connectivity index (χ0) is 24.7. The Morgan fingerprint density at radius 3 is 2.15 bits per heavy atom. The topological polar surface area (TPSA) is 52.6 Å². The van der Waals surface area contributed by atoms with Crippen molar-refractivity contribution in [2.75, 3.05) is 7.11 Å². The number of alkyl halides is 3.